The molecule has 0 radical (unpaired) electrons. The molecule has 2 atom stereocenters. The molecular formula is C29H30FN5O4. The van der Waals surface area contributed by atoms with Gasteiger partial charge in [-0.1, -0.05) is 23.3 Å². The average molecular weight is 532 g/mol. The van der Waals surface area contributed by atoms with Crippen LogP contribution in [0.15, 0.2) is 64.8 Å². The molecule has 1 spiro atoms. The van der Waals surface area contributed by atoms with Crippen LogP contribution in [-0.2, 0) is 32.9 Å². The van der Waals surface area contributed by atoms with Crippen LogP contribution in [-0.4, -0.2) is 58.9 Å². The number of rotatable bonds is 7. The number of imidazole rings is 1. The van der Waals surface area contributed by atoms with E-state index in [0.717, 1.165) is 65.1 Å². The number of benzene rings is 2. The Kier molecular flexibility index (Phi) is 5.71. The molecular weight excluding hydrogens is 501 g/mol. The van der Waals surface area contributed by atoms with Gasteiger partial charge >= 0.3 is 0 Å². The summed E-state index contributed by atoms with van der Waals surface area (Å²) >= 11 is 0. The predicted molar refractivity (Wildman–Crippen MR) is 141 cm³/mol. The van der Waals surface area contributed by atoms with Crippen molar-refractivity contribution < 1.29 is 23.2 Å². The van der Waals surface area contributed by atoms with Crippen LogP contribution in [0.4, 0.5) is 4.39 Å². The van der Waals surface area contributed by atoms with Gasteiger partial charge in [0.2, 0.25) is 0 Å². The molecule has 10 heteroatoms. The normalized spacial score (nSPS) is 23.5. The van der Waals surface area contributed by atoms with Crippen LogP contribution in [0, 0.1) is 17.2 Å². The second-order valence-electron chi connectivity index (χ2n) is 10.9. The smallest absolute Gasteiger partial charge is 0.260 e. The fraction of sp³-hybridized carbons (Fsp3) is 0.414. The Bertz CT molecular complexity index is 1540. The lowest BCUT2D eigenvalue weighted by Crippen LogP contribution is -2.63. The molecule has 5 heterocycles. The van der Waals surface area contributed by atoms with Gasteiger partial charge < -0.3 is 28.3 Å². The molecule has 9 nitrogen and oxygen atoms in total. The molecule has 2 saturated heterocycles. The number of nitrogens with zero attached hydrogens (tertiary/aromatic N) is 5. The molecule has 3 aliphatic rings. The highest BCUT2D eigenvalue weighted by atomic mass is 19.1. The largest absolute Gasteiger partial charge is 0.380 e. The number of hydrogen-bond donors (Lipinski definition) is 0. The fourth-order valence-corrected chi connectivity index (χ4v) is 6.31. The summed E-state index contributed by atoms with van der Waals surface area (Å²) in [6.07, 6.45) is 8.13. The topological polar surface area (TPSA) is 87.1 Å². The Balaban J connectivity index is 1.25. The summed E-state index contributed by atoms with van der Waals surface area (Å²) in [5.74, 6) is 0.657. The lowest BCUT2D eigenvalue weighted by molar-refractivity contribution is -0.189. The van der Waals surface area contributed by atoms with Crippen molar-refractivity contribution in [1.29, 1.82) is 0 Å². The van der Waals surface area contributed by atoms with E-state index in [4.69, 9.17) is 18.8 Å². The predicted octanol–water partition coefficient (Wildman–Crippen LogP) is 4.44. The number of halogens is 1. The first-order chi connectivity index (χ1) is 19.0. The van der Waals surface area contributed by atoms with E-state index in [0.29, 0.717) is 13.2 Å². The van der Waals surface area contributed by atoms with Crippen LogP contribution in [0.25, 0.3) is 16.7 Å². The summed E-state index contributed by atoms with van der Waals surface area (Å²) < 4.78 is 32.9. The molecule has 2 aromatic carbocycles. The molecule has 39 heavy (non-hydrogen) atoms. The first-order valence-electron chi connectivity index (χ1n) is 13.3. The number of aryl methyl sites for hydroxylation is 1. The first kappa shape index (κ1) is 24.3. The summed E-state index contributed by atoms with van der Waals surface area (Å²) in [6.45, 7) is 4.43. The van der Waals surface area contributed by atoms with E-state index >= 15 is 0 Å². The number of piperidine rings is 1. The highest BCUT2D eigenvalue weighted by molar-refractivity contribution is 5.90. The Morgan fingerprint density at radius 1 is 1.15 bits per heavy atom. The summed E-state index contributed by atoms with van der Waals surface area (Å²) in [5.41, 5.74) is 3.60. The van der Waals surface area contributed by atoms with E-state index in [9.17, 15) is 4.39 Å². The number of fused-ring (bicyclic) bond motifs is 2. The Morgan fingerprint density at radius 3 is 2.72 bits per heavy atom. The Hall–Kier alpha value is -3.76. The van der Waals surface area contributed by atoms with Crippen molar-refractivity contribution in [2.75, 3.05) is 33.5 Å². The van der Waals surface area contributed by atoms with Crippen LogP contribution in [0.5, 0.6) is 0 Å². The SMILES string of the molecule is CCc1cn(-c2ccc(CC3CC4(COC4)CN4C3=NOC4(COC)c3ccc(F)cc3)c3cnoc23)cn1. The number of amidine groups is 1. The van der Waals surface area contributed by atoms with Crippen LogP contribution >= 0.6 is 0 Å². The van der Waals surface area contributed by atoms with Gasteiger partial charge in [0.15, 0.2) is 11.4 Å². The summed E-state index contributed by atoms with van der Waals surface area (Å²) in [7, 11) is 1.64. The summed E-state index contributed by atoms with van der Waals surface area (Å²) in [4.78, 5) is 12.9. The molecule has 0 saturated carbocycles. The van der Waals surface area contributed by atoms with Crippen LogP contribution in [0.2, 0.25) is 0 Å². The molecule has 0 N–H and O–H groups in total. The van der Waals surface area contributed by atoms with Crippen molar-refractivity contribution in [2.24, 2.45) is 16.5 Å². The highest BCUT2D eigenvalue weighted by Gasteiger charge is 2.58. The second-order valence-corrected chi connectivity index (χ2v) is 10.9. The minimum absolute atomic E-state index is 0.0164. The van der Waals surface area contributed by atoms with Crippen molar-refractivity contribution in [3.05, 3.63) is 77.8 Å². The molecule has 2 unspecified atom stereocenters. The van der Waals surface area contributed by atoms with Gasteiger partial charge in [0.25, 0.3) is 5.72 Å². The zero-order valence-electron chi connectivity index (χ0n) is 22.0. The van der Waals surface area contributed by atoms with Crippen LogP contribution in [0.1, 0.15) is 30.2 Å². The van der Waals surface area contributed by atoms with Gasteiger partial charge in [-0.15, -0.1) is 0 Å². The summed E-state index contributed by atoms with van der Waals surface area (Å²) in [5, 5.41) is 9.76. The molecule has 0 amide bonds. The van der Waals surface area contributed by atoms with Crippen molar-refractivity contribution in [3.63, 3.8) is 0 Å². The van der Waals surface area contributed by atoms with E-state index in [1.165, 1.54) is 12.1 Å². The Labute approximate surface area is 225 Å². The van der Waals surface area contributed by atoms with Crippen molar-refractivity contribution in [1.82, 2.24) is 19.6 Å². The van der Waals surface area contributed by atoms with Gasteiger partial charge in [-0.3, -0.25) is 0 Å². The van der Waals surface area contributed by atoms with Crippen molar-refractivity contribution in [3.8, 4) is 5.69 Å². The molecule has 2 fully saturated rings. The van der Waals surface area contributed by atoms with Gasteiger partial charge in [0, 0.05) is 42.1 Å². The van der Waals surface area contributed by atoms with Gasteiger partial charge in [0.1, 0.15) is 12.4 Å². The van der Waals surface area contributed by atoms with Crippen LogP contribution in [0.3, 0.4) is 0 Å². The third-order valence-corrected chi connectivity index (χ3v) is 8.33. The van der Waals surface area contributed by atoms with Gasteiger partial charge in [0.05, 0.1) is 37.1 Å². The maximum atomic E-state index is 13.8. The maximum Gasteiger partial charge on any atom is 0.260 e. The van der Waals surface area contributed by atoms with Gasteiger partial charge in [-0.25, -0.2) is 9.37 Å². The molecule has 4 aromatic rings. The number of oxime groups is 1. The van der Waals surface area contributed by atoms with E-state index in [1.54, 1.807) is 25.4 Å². The zero-order chi connectivity index (χ0) is 26.6. The third kappa shape index (κ3) is 3.84. The molecule has 0 aliphatic carbocycles. The first-order valence-corrected chi connectivity index (χ1v) is 13.3. The lowest BCUT2D eigenvalue weighted by Gasteiger charge is -2.53. The van der Waals surface area contributed by atoms with E-state index in [-0.39, 0.29) is 23.8 Å². The minimum atomic E-state index is -0.964. The lowest BCUT2D eigenvalue weighted by atomic mass is 9.71. The number of methoxy groups -OCH3 is 1. The van der Waals surface area contributed by atoms with Crippen LogP contribution < -0.4 is 0 Å². The van der Waals surface area contributed by atoms with Crippen molar-refractivity contribution >= 4 is 16.8 Å². The average Bonchev–Trinajstić information content (AvgIpc) is 3.68. The third-order valence-electron chi connectivity index (χ3n) is 8.33. The maximum absolute atomic E-state index is 13.8. The number of hydrogen-bond acceptors (Lipinski definition) is 8. The van der Waals surface area contributed by atoms with Crippen molar-refractivity contribution in [2.45, 2.75) is 31.9 Å². The fourth-order valence-electron chi connectivity index (χ4n) is 6.31. The Morgan fingerprint density at radius 2 is 2.00 bits per heavy atom. The molecule has 3 aliphatic heterocycles. The molecule has 202 valence electrons. The number of ether oxygens (including phenoxy) is 2. The van der Waals surface area contributed by atoms with Gasteiger partial charge in [-0.05, 0) is 55.2 Å². The summed E-state index contributed by atoms with van der Waals surface area (Å²) in [6, 6.07) is 10.6. The number of aromatic nitrogens is 3. The highest BCUT2D eigenvalue weighted by Crippen LogP contribution is 2.49. The second kappa shape index (κ2) is 9.17. The van der Waals surface area contributed by atoms with E-state index in [1.807, 2.05) is 17.1 Å². The molecule has 7 rings (SSSR count). The minimum Gasteiger partial charge on any atom is -0.380 e. The zero-order valence-corrected chi connectivity index (χ0v) is 22.0. The molecule has 0 bridgehead atoms. The van der Waals surface area contributed by atoms with E-state index < -0.39 is 5.72 Å². The monoisotopic (exact) mass is 531 g/mol. The molecule has 2 aromatic heterocycles. The van der Waals surface area contributed by atoms with E-state index in [2.05, 4.69) is 39.3 Å². The van der Waals surface area contributed by atoms with Gasteiger partial charge in [-0.2, -0.15) is 0 Å². The quantitative estimate of drug-likeness (QED) is 0.349. The standard InChI is InChI=1S/C29H30FN5O4/c1-3-23-13-34(18-31-23)25-9-4-19(24-12-32-38-26(24)25)10-20-11-28(15-37-16-28)14-35-27(20)33-39-29(35,17-36-2)21-5-7-22(30)8-6-21/h4-9,12-13,18,20H,3,10-11,14-17H2,1-2H3.